The smallest absolute Gasteiger partial charge is 0.141 e. The van der Waals surface area contributed by atoms with Gasteiger partial charge in [0.05, 0.1) is 5.39 Å². The molecule has 0 saturated heterocycles. The van der Waals surface area contributed by atoms with Gasteiger partial charge in [-0.05, 0) is 54.4 Å². The van der Waals surface area contributed by atoms with Gasteiger partial charge in [-0.15, -0.1) is 11.3 Å². The van der Waals surface area contributed by atoms with Crippen molar-refractivity contribution >= 4 is 27.4 Å². The molecule has 4 aromatic rings. The van der Waals surface area contributed by atoms with Crippen LogP contribution in [0.1, 0.15) is 45.8 Å². The summed E-state index contributed by atoms with van der Waals surface area (Å²) in [5.74, 6) is 2.11. The van der Waals surface area contributed by atoms with Gasteiger partial charge in [0.2, 0.25) is 0 Å². The van der Waals surface area contributed by atoms with Crippen molar-refractivity contribution in [2.45, 2.75) is 45.1 Å². The molecule has 2 aromatic heterocycles. The summed E-state index contributed by atoms with van der Waals surface area (Å²) in [6.45, 7) is 1.97. The second-order valence-corrected chi connectivity index (χ2v) is 9.54. The molecule has 0 radical (unpaired) electrons. The first-order valence-electron chi connectivity index (χ1n) is 11.0. The van der Waals surface area contributed by atoms with Crippen LogP contribution in [0.25, 0.3) is 10.2 Å². The second-order valence-electron chi connectivity index (χ2n) is 8.46. The fourth-order valence-electron chi connectivity index (χ4n) is 4.94. The molecule has 0 spiro atoms. The predicted molar refractivity (Wildman–Crippen MR) is 125 cm³/mol. The largest absolute Gasteiger partial charge is 0.351 e. The second kappa shape index (κ2) is 7.51. The molecule has 1 aliphatic heterocycles. The van der Waals surface area contributed by atoms with Crippen LogP contribution >= 0.6 is 11.3 Å². The van der Waals surface area contributed by atoms with E-state index in [2.05, 4.69) is 59.5 Å². The average Bonchev–Trinajstić information content (AvgIpc) is 3.17. The third-order valence-corrected chi connectivity index (χ3v) is 7.66. The van der Waals surface area contributed by atoms with E-state index < -0.39 is 0 Å². The van der Waals surface area contributed by atoms with Crippen LogP contribution in [0.15, 0.2) is 54.6 Å². The van der Waals surface area contributed by atoms with Crippen LogP contribution in [0.2, 0.25) is 0 Å². The summed E-state index contributed by atoms with van der Waals surface area (Å²) in [5.41, 5.74) is 5.72. The molecule has 0 unspecified atom stereocenters. The van der Waals surface area contributed by atoms with Crippen LogP contribution in [0.3, 0.4) is 0 Å². The quantitative estimate of drug-likeness (QED) is 0.431. The Morgan fingerprint density at radius 2 is 1.63 bits per heavy atom. The van der Waals surface area contributed by atoms with Crippen LogP contribution < -0.4 is 4.90 Å². The van der Waals surface area contributed by atoms with Gasteiger partial charge in [-0.1, -0.05) is 54.6 Å². The summed E-state index contributed by atoms with van der Waals surface area (Å²) in [6.07, 6.45) is 6.84. The van der Waals surface area contributed by atoms with E-state index >= 15 is 0 Å². The first-order chi connectivity index (χ1) is 14.8. The molecular formula is C26H25N3S. The SMILES string of the molecule is c1ccc(Cc2nc(N3CCc4ccccc4C3)c3c4c(sc3n2)CCCC4)cc1. The van der Waals surface area contributed by atoms with Gasteiger partial charge in [0.25, 0.3) is 0 Å². The molecule has 1 aliphatic carbocycles. The number of benzene rings is 2. The number of hydrogen-bond donors (Lipinski definition) is 0. The number of aryl methyl sites for hydroxylation is 2. The highest BCUT2D eigenvalue weighted by molar-refractivity contribution is 7.19. The number of rotatable bonds is 3. The van der Waals surface area contributed by atoms with Gasteiger partial charge in [-0.2, -0.15) is 0 Å². The number of fused-ring (bicyclic) bond motifs is 4. The van der Waals surface area contributed by atoms with Crippen molar-refractivity contribution < 1.29 is 0 Å². The van der Waals surface area contributed by atoms with E-state index in [4.69, 9.17) is 9.97 Å². The minimum Gasteiger partial charge on any atom is -0.351 e. The molecule has 0 saturated carbocycles. The van der Waals surface area contributed by atoms with E-state index in [1.54, 1.807) is 4.88 Å². The molecule has 0 fully saturated rings. The highest BCUT2D eigenvalue weighted by Crippen LogP contribution is 2.40. The van der Waals surface area contributed by atoms with Crippen LogP contribution in [-0.2, 0) is 32.2 Å². The predicted octanol–water partition coefficient (Wildman–Crippen LogP) is 5.72. The minimum absolute atomic E-state index is 0.788. The van der Waals surface area contributed by atoms with Crippen LogP contribution in [-0.4, -0.2) is 16.5 Å². The monoisotopic (exact) mass is 411 g/mol. The molecule has 3 heterocycles. The summed E-state index contributed by atoms with van der Waals surface area (Å²) >= 11 is 1.91. The first-order valence-corrected chi connectivity index (χ1v) is 11.8. The number of nitrogens with zero attached hydrogens (tertiary/aromatic N) is 3. The van der Waals surface area contributed by atoms with E-state index in [0.717, 1.165) is 31.8 Å². The van der Waals surface area contributed by atoms with Gasteiger partial charge in [0.1, 0.15) is 16.5 Å². The Bertz CT molecular complexity index is 1210. The summed E-state index contributed by atoms with van der Waals surface area (Å²) in [4.78, 5) is 15.5. The lowest BCUT2D eigenvalue weighted by Crippen LogP contribution is -2.31. The van der Waals surface area contributed by atoms with Crippen molar-refractivity contribution in [1.82, 2.24) is 9.97 Å². The Labute approximate surface area is 181 Å². The Morgan fingerprint density at radius 3 is 2.53 bits per heavy atom. The fourth-order valence-corrected chi connectivity index (χ4v) is 6.22. The van der Waals surface area contributed by atoms with E-state index in [0.29, 0.717) is 0 Å². The summed E-state index contributed by atoms with van der Waals surface area (Å²) < 4.78 is 0. The molecule has 0 amide bonds. The molecule has 0 atom stereocenters. The van der Waals surface area contributed by atoms with Crippen molar-refractivity contribution in [2.24, 2.45) is 0 Å². The van der Waals surface area contributed by atoms with Crippen LogP contribution in [0.4, 0.5) is 5.82 Å². The lowest BCUT2D eigenvalue weighted by atomic mass is 9.96. The van der Waals surface area contributed by atoms with Crippen molar-refractivity contribution in [3.63, 3.8) is 0 Å². The van der Waals surface area contributed by atoms with Crippen molar-refractivity contribution in [3.05, 3.63) is 87.6 Å². The van der Waals surface area contributed by atoms with Gasteiger partial charge >= 0.3 is 0 Å². The number of anilines is 1. The summed E-state index contributed by atoms with van der Waals surface area (Å²) in [5, 5.41) is 1.34. The van der Waals surface area contributed by atoms with Gasteiger partial charge in [0, 0.05) is 24.4 Å². The highest BCUT2D eigenvalue weighted by Gasteiger charge is 2.26. The maximum Gasteiger partial charge on any atom is 0.141 e. The standard InChI is InChI=1S/C26H25N3S/c1-2-8-18(9-3-1)16-23-27-25(29-15-14-19-10-4-5-11-20(19)17-29)24-21-12-6-7-13-22(21)30-26(24)28-23/h1-5,8-11H,6-7,12-17H2. The van der Waals surface area contributed by atoms with Crippen molar-refractivity contribution in [2.75, 3.05) is 11.4 Å². The third kappa shape index (κ3) is 3.20. The summed E-state index contributed by atoms with van der Waals surface area (Å²) in [6, 6.07) is 19.5. The molecule has 3 nitrogen and oxygen atoms in total. The molecule has 30 heavy (non-hydrogen) atoms. The van der Waals surface area contributed by atoms with E-state index in [9.17, 15) is 0 Å². The highest BCUT2D eigenvalue weighted by atomic mass is 32.1. The van der Waals surface area contributed by atoms with Crippen LogP contribution in [0, 0.1) is 0 Å². The molecule has 4 heteroatoms. The normalized spacial score (nSPS) is 15.8. The Kier molecular flexibility index (Phi) is 4.53. The lowest BCUT2D eigenvalue weighted by Gasteiger charge is -2.31. The topological polar surface area (TPSA) is 29.0 Å². The zero-order valence-corrected chi connectivity index (χ0v) is 17.9. The molecule has 2 aliphatic rings. The average molecular weight is 412 g/mol. The first kappa shape index (κ1) is 18.1. The van der Waals surface area contributed by atoms with Gasteiger partial charge in [0.15, 0.2) is 0 Å². The zero-order valence-electron chi connectivity index (χ0n) is 17.1. The van der Waals surface area contributed by atoms with Gasteiger partial charge in [-0.25, -0.2) is 9.97 Å². The van der Waals surface area contributed by atoms with Gasteiger partial charge < -0.3 is 4.90 Å². The summed E-state index contributed by atoms with van der Waals surface area (Å²) in [7, 11) is 0. The third-order valence-electron chi connectivity index (χ3n) is 6.48. The molecular weight excluding hydrogens is 386 g/mol. The molecule has 0 bridgehead atoms. The fraction of sp³-hybridized carbons (Fsp3) is 0.308. The number of aromatic nitrogens is 2. The maximum absolute atomic E-state index is 5.19. The van der Waals surface area contributed by atoms with E-state index in [1.807, 2.05) is 11.3 Å². The number of hydrogen-bond acceptors (Lipinski definition) is 4. The van der Waals surface area contributed by atoms with Crippen molar-refractivity contribution in [1.29, 1.82) is 0 Å². The van der Waals surface area contributed by atoms with Crippen molar-refractivity contribution in [3.8, 4) is 0 Å². The molecule has 150 valence electrons. The van der Waals surface area contributed by atoms with E-state index in [-0.39, 0.29) is 0 Å². The minimum atomic E-state index is 0.788. The number of thiophene rings is 1. The lowest BCUT2D eigenvalue weighted by molar-refractivity contribution is 0.697. The molecule has 2 aromatic carbocycles. The Hall–Kier alpha value is -2.72. The molecule has 6 rings (SSSR count). The van der Waals surface area contributed by atoms with Crippen LogP contribution in [0.5, 0.6) is 0 Å². The van der Waals surface area contributed by atoms with E-state index in [1.165, 1.54) is 64.0 Å². The Balaban J connectivity index is 1.47. The maximum atomic E-state index is 5.19. The van der Waals surface area contributed by atoms with Gasteiger partial charge in [-0.3, -0.25) is 0 Å². The zero-order chi connectivity index (χ0) is 19.9. The molecule has 0 N–H and O–H groups in total. The Morgan fingerprint density at radius 1 is 0.833 bits per heavy atom.